The number of halogens is 2. The number of aryl methyl sites for hydroxylation is 1. The number of rotatable bonds is 3. The third kappa shape index (κ3) is 3.75. The smallest absolute Gasteiger partial charge is 0.335 e. The summed E-state index contributed by atoms with van der Waals surface area (Å²) in [5, 5.41) is 3.07. The first-order chi connectivity index (χ1) is 14.3. The third-order valence-electron chi connectivity index (χ3n) is 4.50. The number of amides is 4. The molecule has 4 amide bonds. The second-order valence-corrected chi connectivity index (χ2v) is 7.46. The quantitative estimate of drug-likeness (QED) is 0.446. The van der Waals surface area contributed by atoms with E-state index >= 15 is 0 Å². The maximum atomic E-state index is 12.9. The van der Waals surface area contributed by atoms with E-state index in [1.807, 2.05) is 6.92 Å². The van der Waals surface area contributed by atoms with Crippen molar-refractivity contribution in [1.82, 2.24) is 5.32 Å². The number of carbonyl (C=O) groups excluding carboxylic acids is 3. The van der Waals surface area contributed by atoms with Gasteiger partial charge < -0.3 is 4.42 Å². The first-order valence-corrected chi connectivity index (χ1v) is 9.62. The molecule has 2 heterocycles. The van der Waals surface area contributed by atoms with Crippen LogP contribution in [0.25, 0.3) is 17.4 Å². The molecule has 0 aliphatic carbocycles. The zero-order valence-corrected chi connectivity index (χ0v) is 17.1. The molecular weight excluding hydrogens is 427 g/mol. The molecule has 2 aromatic carbocycles. The number of nitrogens with zero attached hydrogens (tertiary/aromatic N) is 1. The molecule has 30 heavy (non-hydrogen) atoms. The zero-order chi connectivity index (χ0) is 21.4. The minimum absolute atomic E-state index is 0.224. The van der Waals surface area contributed by atoms with Gasteiger partial charge in [-0.2, -0.15) is 0 Å². The lowest BCUT2D eigenvalue weighted by atomic mass is 10.1. The van der Waals surface area contributed by atoms with Crippen LogP contribution >= 0.6 is 23.2 Å². The molecule has 8 heteroatoms. The Morgan fingerprint density at radius 3 is 2.40 bits per heavy atom. The summed E-state index contributed by atoms with van der Waals surface area (Å²) >= 11 is 12.1. The van der Waals surface area contributed by atoms with Crippen LogP contribution in [0.2, 0.25) is 10.0 Å². The van der Waals surface area contributed by atoms with Gasteiger partial charge in [-0.3, -0.25) is 14.9 Å². The Hall–Kier alpha value is -3.35. The summed E-state index contributed by atoms with van der Waals surface area (Å²) in [6.07, 6.45) is 1.29. The maximum absolute atomic E-state index is 12.9. The lowest BCUT2D eigenvalue weighted by molar-refractivity contribution is -0.122. The Morgan fingerprint density at radius 2 is 1.70 bits per heavy atom. The molecule has 0 spiro atoms. The van der Waals surface area contributed by atoms with Crippen LogP contribution in [0.5, 0.6) is 0 Å². The third-order valence-corrected chi connectivity index (χ3v) is 5.05. The molecule has 6 nitrogen and oxygen atoms in total. The van der Waals surface area contributed by atoms with Crippen molar-refractivity contribution in [3.05, 3.63) is 81.5 Å². The van der Waals surface area contributed by atoms with Crippen molar-refractivity contribution in [3.8, 4) is 11.3 Å². The van der Waals surface area contributed by atoms with Crippen molar-refractivity contribution in [3.63, 3.8) is 0 Å². The van der Waals surface area contributed by atoms with Crippen LogP contribution < -0.4 is 10.2 Å². The first-order valence-electron chi connectivity index (χ1n) is 8.87. The summed E-state index contributed by atoms with van der Waals surface area (Å²) in [4.78, 5) is 38.4. The van der Waals surface area contributed by atoms with E-state index in [0.717, 1.165) is 10.5 Å². The van der Waals surface area contributed by atoms with E-state index in [1.165, 1.54) is 6.08 Å². The summed E-state index contributed by atoms with van der Waals surface area (Å²) in [6, 6.07) is 14.2. The van der Waals surface area contributed by atoms with Gasteiger partial charge in [-0.05, 0) is 55.5 Å². The number of anilines is 1. The fourth-order valence-corrected chi connectivity index (χ4v) is 3.49. The van der Waals surface area contributed by atoms with Crippen LogP contribution in [0.1, 0.15) is 11.3 Å². The van der Waals surface area contributed by atoms with Gasteiger partial charge >= 0.3 is 6.03 Å². The molecule has 0 atom stereocenters. The van der Waals surface area contributed by atoms with E-state index in [-0.39, 0.29) is 11.3 Å². The summed E-state index contributed by atoms with van der Waals surface area (Å²) in [7, 11) is 0. The van der Waals surface area contributed by atoms with Crippen molar-refractivity contribution in [2.24, 2.45) is 0 Å². The van der Waals surface area contributed by atoms with E-state index in [9.17, 15) is 14.4 Å². The summed E-state index contributed by atoms with van der Waals surface area (Å²) in [5.41, 5.74) is 1.72. The van der Waals surface area contributed by atoms with Crippen molar-refractivity contribution in [2.45, 2.75) is 6.92 Å². The van der Waals surface area contributed by atoms with Crippen molar-refractivity contribution in [1.29, 1.82) is 0 Å². The average molecular weight is 441 g/mol. The second-order valence-electron chi connectivity index (χ2n) is 6.62. The fourth-order valence-electron chi connectivity index (χ4n) is 2.99. The van der Waals surface area contributed by atoms with E-state index in [1.54, 1.807) is 54.6 Å². The van der Waals surface area contributed by atoms with Crippen LogP contribution in [-0.4, -0.2) is 17.8 Å². The molecule has 0 saturated carbocycles. The highest BCUT2D eigenvalue weighted by atomic mass is 35.5. The Morgan fingerprint density at radius 1 is 0.967 bits per heavy atom. The topological polar surface area (TPSA) is 79.6 Å². The average Bonchev–Trinajstić information content (AvgIpc) is 3.15. The van der Waals surface area contributed by atoms with Gasteiger partial charge in [-0.15, -0.1) is 0 Å². The SMILES string of the molecule is Cc1ccc(N2C(=O)NC(=O)C(=Cc3ccc(-c4ccc(Cl)cc4Cl)o3)C2=O)cc1. The highest BCUT2D eigenvalue weighted by molar-refractivity contribution is 6.39. The van der Waals surface area contributed by atoms with E-state index in [0.29, 0.717) is 27.1 Å². The van der Waals surface area contributed by atoms with Gasteiger partial charge in [0, 0.05) is 10.6 Å². The molecular formula is C22H14Cl2N2O4. The Kier molecular flexibility index (Phi) is 5.20. The largest absolute Gasteiger partial charge is 0.457 e. The Bertz CT molecular complexity index is 1210. The molecule has 3 aromatic rings. The maximum Gasteiger partial charge on any atom is 0.335 e. The lowest BCUT2D eigenvalue weighted by Crippen LogP contribution is -2.54. The predicted octanol–water partition coefficient (Wildman–Crippen LogP) is 5.23. The zero-order valence-electron chi connectivity index (χ0n) is 15.6. The predicted molar refractivity (Wildman–Crippen MR) is 114 cm³/mol. The van der Waals surface area contributed by atoms with E-state index in [2.05, 4.69) is 5.32 Å². The number of imide groups is 2. The van der Waals surface area contributed by atoms with Gasteiger partial charge in [0.25, 0.3) is 11.8 Å². The van der Waals surface area contributed by atoms with Gasteiger partial charge in [-0.25, -0.2) is 9.69 Å². The number of carbonyl (C=O) groups is 3. The summed E-state index contributed by atoms with van der Waals surface area (Å²) < 4.78 is 5.73. The Labute approximate surface area is 181 Å². The molecule has 1 fully saturated rings. The molecule has 4 rings (SSSR count). The van der Waals surface area contributed by atoms with Gasteiger partial charge in [0.15, 0.2) is 0 Å². The number of hydrogen-bond acceptors (Lipinski definition) is 4. The lowest BCUT2D eigenvalue weighted by Gasteiger charge is -2.26. The number of nitrogens with one attached hydrogen (secondary N) is 1. The Balaban J connectivity index is 1.68. The molecule has 1 aromatic heterocycles. The first kappa shape index (κ1) is 19.9. The van der Waals surface area contributed by atoms with Crippen LogP contribution in [-0.2, 0) is 9.59 Å². The molecule has 0 unspecified atom stereocenters. The van der Waals surface area contributed by atoms with Crippen LogP contribution in [0.4, 0.5) is 10.5 Å². The summed E-state index contributed by atoms with van der Waals surface area (Å²) in [6.45, 7) is 1.89. The van der Waals surface area contributed by atoms with Crippen molar-refractivity contribution < 1.29 is 18.8 Å². The molecule has 0 radical (unpaired) electrons. The molecule has 1 saturated heterocycles. The second kappa shape index (κ2) is 7.82. The van der Waals surface area contributed by atoms with E-state index in [4.69, 9.17) is 27.6 Å². The number of barbiturate groups is 1. The molecule has 1 aliphatic rings. The monoisotopic (exact) mass is 440 g/mol. The molecule has 1 aliphatic heterocycles. The van der Waals surface area contributed by atoms with Crippen LogP contribution in [0.15, 0.2) is 64.6 Å². The van der Waals surface area contributed by atoms with E-state index < -0.39 is 17.8 Å². The molecule has 150 valence electrons. The number of furan rings is 1. The van der Waals surface area contributed by atoms with Crippen LogP contribution in [0.3, 0.4) is 0 Å². The fraction of sp³-hybridized carbons (Fsp3) is 0.0455. The minimum Gasteiger partial charge on any atom is -0.457 e. The number of urea groups is 1. The molecule has 1 N–H and O–H groups in total. The molecule has 0 bridgehead atoms. The van der Waals surface area contributed by atoms with Gasteiger partial charge in [-0.1, -0.05) is 40.9 Å². The van der Waals surface area contributed by atoms with Gasteiger partial charge in [0.1, 0.15) is 17.1 Å². The van der Waals surface area contributed by atoms with Crippen molar-refractivity contribution in [2.75, 3.05) is 4.90 Å². The van der Waals surface area contributed by atoms with Crippen LogP contribution in [0, 0.1) is 6.92 Å². The highest BCUT2D eigenvalue weighted by Gasteiger charge is 2.37. The normalized spacial score (nSPS) is 15.6. The van der Waals surface area contributed by atoms with Gasteiger partial charge in [0.2, 0.25) is 0 Å². The van der Waals surface area contributed by atoms with Crippen molar-refractivity contribution >= 4 is 52.8 Å². The highest BCUT2D eigenvalue weighted by Crippen LogP contribution is 2.32. The standard InChI is InChI=1S/C22H14Cl2N2O4/c1-12-2-5-14(6-3-12)26-21(28)17(20(27)25-22(26)29)11-15-7-9-19(30-15)16-8-4-13(23)10-18(16)24/h2-11H,1H3,(H,25,27,29). The summed E-state index contributed by atoms with van der Waals surface area (Å²) in [5.74, 6) is -0.836. The number of hydrogen-bond donors (Lipinski definition) is 1. The minimum atomic E-state index is -0.806. The van der Waals surface area contributed by atoms with Gasteiger partial charge in [0.05, 0.1) is 10.7 Å². The number of benzene rings is 2.